The van der Waals surface area contributed by atoms with Crippen LogP contribution in [0.4, 0.5) is 0 Å². The highest BCUT2D eigenvalue weighted by Gasteiger charge is 2.16. The summed E-state index contributed by atoms with van der Waals surface area (Å²) in [6.45, 7) is 0.108. The molecule has 0 fully saturated rings. The van der Waals surface area contributed by atoms with Gasteiger partial charge in [-0.3, -0.25) is 4.79 Å². The molecule has 3 nitrogen and oxygen atoms in total. The first-order valence-corrected chi connectivity index (χ1v) is 7.22. The maximum absolute atomic E-state index is 12.0. The van der Waals surface area contributed by atoms with E-state index < -0.39 is 12.0 Å². The van der Waals surface area contributed by atoms with Gasteiger partial charge in [-0.15, -0.1) is 0 Å². The third-order valence-corrected chi connectivity index (χ3v) is 3.91. The van der Waals surface area contributed by atoms with Crippen molar-refractivity contribution in [1.82, 2.24) is 5.32 Å². The van der Waals surface area contributed by atoms with Crippen LogP contribution < -0.4 is 5.32 Å². The number of thiophene rings is 1. The Morgan fingerprint density at radius 2 is 2.00 bits per heavy atom. The Labute approximate surface area is 124 Å². The van der Waals surface area contributed by atoms with Crippen molar-refractivity contribution in [3.05, 3.63) is 56.2 Å². The van der Waals surface area contributed by atoms with Crippen molar-refractivity contribution in [1.29, 1.82) is 0 Å². The second-order valence-corrected chi connectivity index (χ2v) is 5.47. The molecule has 100 valence electrons. The molecule has 1 heterocycles. The van der Waals surface area contributed by atoms with Gasteiger partial charge in [-0.25, -0.2) is 0 Å². The Bertz CT molecular complexity index is 552. The standard InChI is InChI=1S/C13H11Cl2NO2S/c14-9-2-1-3-10(15)12(9)13(18)16-6-11(17)8-4-5-19-7-8/h1-5,7,11,17H,6H2,(H,16,18). The molecule has 2 rings (SSSR count). The van der Waals surface area contributed by atoms with Gasteiger partial charge in [0.2, 0.25) is 0 Å². The summed E-state index contributed by atoms with van der Waals surface area (Å²) in [6, 6.07) is 6.67. The number of nitrogens with one attached hydrogen (secondary N) is 1. The van der Waals surface area contributed by atoms with Gasteiger partial charge in [0, 0.05) is 6.54 Å². The van der Waals surface area contributed by atoms with Crippen LogP contribution in [0.1, 0.15) is 22.0 Å². The Morgan fingerprint density at radius 1 is 1.32 bits per heavy atom. The molecule has 1 aromatic carbocycles. The number of aliphatic hydroxyl groups excluding tert-OH is 1. The first-order valence-electron chi connectivity index (χ1n) is 5.52. The SMILES string of the molecule is O=C(NCC(O)c1ccsc1)c1c(Cl)cccc1Cl. The molecule has 0 aliphatic rings. The van der Waals surface area contributed by atoms with Gasteiger partial charge in [0.15, 0.2) is 0 Å². The number of hydrogen-bond acceptors (Lipinski definition) is 3. The zero-order valence-corrected chi connectivity index (χ0v) is 12.1. The van der Waals surface area contributed by atoms with E-state index >= 15 is 0 Å². The molecule has 2 N–H and O–H groups in total. The second kappa shape index (κ2) is 6.39. The summed E-state index contributed by atoms with van der Waals surface area (Å²) in [7, 11) is 0. The zero-order chi connectivity index (χ0) is 13.8. The van der Waals surface area contributed by atoms with E-state index in [1.807, 2.05) is 16.8 Å². The Morgan fingerprint density at radius 3 is 2.58 bits per heavy atom. The fraction of sp³-hybridized carbons (Fsp3) is 0.154. The summed E-state index contributed by atoms with van der Waals surface area (Å²) in [5.41, 5.74) is 0.999. The topological polar surface area (TPSA) is 49.3 Å². The lowest BCUT2D eigenvalue weighted by atomic mass is 10.1. The van der Waals surface area contributed by atoms with Crippen molar-refractivity contribution < 1.29 is 9.90 Å². The van der Waals surface area contributed by atoms with Crippen molar-refractivity contribution >= 4 is 40.4 Å². The number of amides is 1. The van der Waals surface area contributed by atoms with Crippen LogP contribution in [0.15, 0.2) is 35.0 Å². The average molecular weight is 316 g/mol. The van der Waals surface area contributed by atoms with Crippen LogP contribution in [-0.4, -0.2) is 17.6 Å². The van der Waals surface area contributed by atoms with Gasteiger partial charge in [0.05, 0.1) is 21.7 Å². The molecule has 1 unspecified atom stereocenters. The summed E-state index contributed by atoms with van der Waals surface area (Å²) in [5, 5.41) is 16.8. The van der Waals surface area contributed by atoms with Gasteiger partial charge in [0.25, 0.3) is 5.91 Å². The van der Waals surface area contributed by atoms with E-state index in [2.05, 4.69) is 5.32 Å². The molecule has 1 atom stereocenters. The number of hydrogen-bond donors (Lipinski definition) is 2. The third-order valence-electron chi connectivity index (χ3n) is 2.57. The molecular formula is C13H11Cl2NO2S. The largest absolute Gasteiger partial charge is 0.387 e. The molecule has 0 saturated carbocycles. The lowest BCUT2D eigenvalue weighted by molar-refractivity contribution is 0.0917. The summed E-state index contributed by atoms with van der Waals surface area (Å²) < 4.78 is 0. The minimum atomic E-state index is -0.739. The molecular weight excluding hydrogens is 305 g/mol. The van der Waals surface area contributed by atoms with E-state index in [1.54, 1.807) is 18.2 Å². The summed E-state index contributed by atoms with van der Waals surface area (Å²) in [4.78, 5) is 12.0. The Kier molecular flexibility index (Phi) is 4.82. The van der Waals surface area contributed by atoms with Crippen molar-refractivity contribution in [3.8, 4) is 0 Å². The zero-order valence-electron chi connectivity index (χ0n) is 9.77. The highest BCUT2D eigenvalue weighted by molar-refractivity contribution is 7.07. The van der Waals surface area contributed by atoms with Gasteiger partial charge in [-0.1, -0.05) is 29.3 Å². The van der Waals surface area contributed by atoms with Crippen LogP contribution in [0.2, 0.25) is 10.0 Å². The number of benzene rings is 1. The van der Waals surface area contributed by atoms with Gasteiger partial charge < -0.3 is 10.4 Å². The molecule has 0 saturated heterocycles. The van der Waals surface area contributed by atoms with Crippen molar-refractivity contribution in [2.45, 2.75) is 6.10 Å². The van der Waals surface area contributed by atoms with Crippen LogP contribution in [0.5, 0.6) is 0 Å². The van der Waals surface area contributed by atoms with Gasteiger partial charge in [-0.2, -0.15) is 11.3 Å². The highest BCUT2D eigenvalue weighted by Crippen LogP contribution is 2.24. The fourth-order valence-electron chi connectivity index (χ4n) is 1.57. The maximum atomic E-state index is 12.0. The lowest BCUT2D eigenvalue weighted by Gasteiger charge is -2.12. The average Bonchev–Trinajstić information content (AvgIpc) is 2.89. The summed E-state index contributed by atoms with van der Waals surface area (Å²) in [5.74, 6) is -0.398. The summed E-state index contributed by atoms with van der Waals surface area (Å²) >= 11 is 13.4. The van der Waals surface area contributed by atoms with Crippen LogP contribution in [0.25, 0.3) is 0 Å². The van der Waals surface area contributed by atoms with E-state index in [9.17, 15) is 9.90 Å². The van der Waals surface area contributed by atoms with E-state index in [4.69, 9.17) is 23.2 Å². The predicted octanol–water partition coefficient (Wildman–Crippen LogP) is 3.52. The highest BCUT2D eigenvalue weighted by atomic mass is 35.5. The number of aliphatic hydroxyl groups is 1. The number of carbonyl (C=O) groups excluding carboxylic acids is 1. The van der Waals surface area contributed by atoms with Gasteiger partial charge in [-0.05, 0) is 34.5 Å². The fourth-order valence-corrected chi connectivity index (χ4v) is 2.85. The number of halogens is 2. The predicted molar refractivity (Wildman–Crippen MR) is 78.1 cm³/mol. The van der Waals surface area contributed by atoms with E-state index in [0.29, 0.717) is 0 Å². The van der Waals surface area contributed by atoms with Crippen LogP contribution in [0, 0.1) is 0 Å². The Hall–Kier alpha value is -1.07. The number of rotatable bonds is 4. The van der Waals surface area contributed by atoms with Crippen LogP contribution in [-0.2, 0) is 0 Å². The quantitative estimate of drug-likeness (QED) is 0.907. The van der Waals surface area contributed by atoms with Crippen LogP contribution >= 0.6 is 34.5 Å². The maximum Gasteiger partial charge on any atom is 0.254 e. The van der Waals surface area contributed by atoms with Gasteiger partial charge >= 0.3 is 0 Å². The van der Waals surface area contributed by atoms with E-state index in [1.165, 1.54) is 11.3 Å². The normalized spacial score (nSPS) is 12.2. The molecule has 0 bridgehead atoms. The van der Waals surface area contributed by atoms with Crippen molar-refractivity contribution in [2.75, 3.05) is 6.54 Å². The third kappa shape index (κ3) is 3.48. The molecule has 19 heavy (non-hydrogen) atoms. The molecule has 0 aliphatic heterocycles. The Balaban J connectivity index is 2.02. The van der Waals surface area contributed by atoms with E-state index in [-0.39, 0.29) is 22.2 Å². The van der Waals surface area contributed by atoms with Gasteiger partial charge in [0.1, 0.15) is 0 Å². The second-order valence-electron chi connectivity index (χ2n) is 3.88. The molecule has 0 spiro atoms. The monoisotopic (exact) mass is 315 g/mol. The molecule has 0 aliphatic carbocycles. The minimum Gasteiger partial charge on any atom is -0.387 e. The smallest absolute Gasteiger partial charge is 0.254 e. The van der Waals surface area contributed by atoms with Crippen molar-refractivity contribution in [3.63, 3.8) is 0 Å². The molecule has 6 heteroatoms. The minimum absolute atomic E-state index is 0.108. The number of carbonyl (C=O) groups is 1. The molecule has 0 radical (unpaired) electrons. The molecule has 1 aromatic heterocycles. The molecule has 2 aromatic rings. The van der Waals surface area contributed by atoms with E-state index in [0.717, 1.165) is 5.56 Å². The van der Waals surface area contributed by atoms with Crippen molar-refractivity contribution in [2.24, 2.45) is 0 Å². The summed E-state index contributed by atoms with van der Waals surface area (Å²) in [6.07, 6.45) is -0.739. The van der Waals surface area contributed by atoms with Crippen LogP contribution in [0.3, 0.4) is 0 Å². The molecule has 1 amide bonds. The lowest BCUT2D eigenvalue weighted by Crippen LogP contribution is -2.28. The first-order chi connectivity index (χ1) is 9.09. The first kappa shape index (κ1) is 14.3.